The van der Waals surface area contributed by atoms with E-state index in [0.717, 1.165) is 6.07 Å². The van der Waals surface area contributed by atoms with Crippen LogP contribution >= 0.6 is 47.8 Å². The van der Waals surface area contributed by atoms with Crippen molar-refractivity contribution in [3.8, 4) is 0 Å². The van der Waals surface area contributed by atoms with E-state index in [1.54, 1.807) is 19.1 Å². The molecule has 2 aromatic rings. The van der Waals surface area contributed by atoms with Gasteiger partial charge in [-0.05, 0) is 74.7 Å². The molecule has 1 N–H and O–H groups in total. The van der Waals surface area contributed by atoms with Crippen LogP contribution in [0.1, 0.15) is 5.56 Å². The topological polar surface area (TPSA) is 46.2 Å². The monoisotopic (exact) mass is 499 g/mol. The molecule has 0 aliphatic carbocycles. The Bertz CT molecular complexity index is 809. The SMILES string of the molecule is Cc1cc(Br)c(F)cc1NS(=O)(=O)c1cc(Br)ccc1Br. The Kier molecular flexibility index (Phi) is 5.12. The minimum absolute atomic E-state index is 0.0691. The minimum Gasteiger partial charge on any atom is -0.279 e. The summed E-state index contributed by atoms with van der Waals surface area (Å²) in [6.07, 6.45) is 0. The highest BCUT2D eigenvalue weighted by Crippen LogP contribution is 2.30. The third-order valence-corrected chi connectivity index (χ3v) is 6.15. The second-order valence-corrected chi connectivity index (χ2v) is 8.54. The van der Waals surface area contributed by atoms with Crippen molar-refractivity contribution in [3.63, 3.8) is 0 Å². The minimum atomic E-state index is -3.83. The molecular formula is C13H9Br3FNO2S. The van der Waals surface area contributed by atoms with Crippen molar-refractivity contribution in [1.82, 2.24) is 0 Å². The average Bonchev–Trinajstić information content (AvgIpc) is 2.38. The van der Waals surface area contributed by atoms with Crippen LogP contribution in [0.15, 0.2) is 48.6 Å². The maximum Gasteiger partial charge on any atom is 0.263 e. The van der Waals surface area contributed by atoms with Gasteiger partial charge in [0.15, 0.2) is 0 Å². The normalized spacial score (nSPS) is 11.5. The van der Waals surface area contributed by atoms with E-state index in [1.807, 2.05) is 0 Å². The highest BCUT2D eigenvalue weighted by Gasteiger charge is 2.19. The summed E-state index contributed by atoms with van der Waals surface area (Å²) in [7, 11) is -3.83. The smallest absolute Gasteiger partial charge is 0.263 e. The van der Waals surface area contributed by atoms with Gasteiger partial charge in [0.25, 0.3) is 10.0 Å². The van der Waals surface area contributed by atoms with Crippen LogP contribution in [0.2, 0.25) is 0 Å². The lowest BCUT2D eigenvalue weighted by Gasteiger charge is -2.13. The summed E-state index contributed by atoms with van der Waals surface area (Å²) in [5, 5.41) is 0. The molecule has 0 saturated carbocycles. The van der Waals surface area contributed by atoms with Crippen LogP contribution in [0, 0.1) is 12.7 Å². The zero-order valence-electron chi connectivity index (χ0n) is 10.6. The lowest BCUT2D eigenvalue weighted by molar-refractivity contribution is 0.600. The molecule has 0 saturated heterocycles. The van der Waals surface area contributed by atoms with Gasteiger partial charge in [-0.15, -0.1) is 0 Å². The maximum absolute atomic E-state index is 13.6. The predicted molar refractivity (Wildman–Crippen MR) is 91.5 cm³/mol. The second kappa shape index (κ2) is 6.36. The van der Waals surface area contributed by atoms with Crippen LogP contribution in [-0.2, 0) is 10.0 Å². The Morgan fingerprint density at radius 3 is 2.38 bits per heavy atom. The zero-order valence-corrected chi connectivity index (χ0v) is 16.2. The number of hydrogen-bond acceptors (Lipinski definition) is 2. The number of halogens is 4. The molecule has 0 aliphatic heterocycles. The van der Waals surface area contributed by atoms with Gasteiger partial charge in [-0.2, -0.15) is 0 Å². The molecule has 0 fully saturated rings. The molecular weight excluding hydrogens is 493 g/mol. The van der Waals surface area contributed by atoms with E-state index in [-0.39, 0.29) is 15.1 Å². The van der Waals surface area contributed by atoms with Crippen LogP contribution < -0.4 is 4.72 Å². The Balaban J connectivity index is 2.47. The molecule has 0 aromatic heterocycles. The first-order valence-corrected chi connectivity index (χ1v) is 9.50. The molecule has 2 rings (SSSR count). The van der Waals surface area contributed by atoms with Gasteiger partial charge in [-0.25, -0.2) is 12.8 Å². The molecule has 21 heavy (non-hydrogen) atoms. The van der Waals surface area contributed by atoms with Crippen LogP contribution in [0.5, 0.6) is 0 Å². The quantitative estimate of drug-likeness (QED) is 0.626. The molecule has 8 heteroatoms. The third-order valence-electron chi connectivity index (χ3n) is 2.69. The van der Waals surface area contributed by atoms with Crippen molar-refractivity contribution < 1.29 is 12.8 Å². The number of benzene rings is 2. The van der Waals surface area contributed by atoms with E-state index in [0.29, 0.717) is 14.5 Å². The first-order chi connectivity index (χ1) is 9.70. The first kappa shape index (κ1) is 16.9. The fraction of sp³-hybridized carbons (Fsp3) is 0.0769. The second-order valence-electron chi connectivity index (χ2n) is 4.26. The summed E-state index contributed by atoms with van der Waals surface area (Å²) >= 11 is 9.49. The van der Waals surface area contributed by atoms with E-state index in [2.05, 4.69) is 52.5 Å². The molecule has 3 nitrogen and oxygen atoms in total. The number of aryl methyl sites for hydroxylation is 1. The van der Waals surface area contributed by atoms with Gasteiger partial charge in [0.1, 0.15) is 10.7 Å². The van der Waals surface area contributed by atoms with E-state index >= 15 is 0 Å². The fourth-order valence-corrected chi connectivity index (χ4v) is 4.72. The van der Waals surface area contributed by atoms with Gasteiger partial charge in [0, 0.05) is 8.95 Å². The Morgan fingerprint density at radius 2 is 1.71 bits per heavy atom. The van der Waals surface area contributed by atoms with E-state index < -0.39 is 15.8 Å². The number of rotatable bonds is 3. The van der Waals surface area contributed by atoms with Gasteiger partial charge >= 0.3 is 0 Å². The highest BCUT2D eigenvalue weighted by atomic mass is 79.9. The summed E-state index contributed by atoms with van der Waals surface area (Å²) in [5.74, 6) is -0.536. The molecule has 2 aromatic carbocycles. The standard InChI is InChI=1S/C13H9Br3FNO2S/c1-7-4-10(16)11(17)6-12(7)18-21(19,20)13-5-8(14)2-3-9(13)15/h2-6,18H,1H3. The van der Waals surface area contributed by atoms with Crippen molar-refractivity contribution in [1.29, 1.82) is 0 Å². The Morgan fingerprint density at radius 1 is 1.05 bits per heavy atom. The van der Waals surface area contributed by atoms with Crippen LogP contribution in [-0.4, -0.2) is 8.42 Å². The molecule has 0 amide bonds. The molecule has 0 aliphatic rings. The van der Waals surface area contributed by atoms with Crippen molar-refractivity contribution in [2.75, 3.05) is 4.72 Å². The van der Waals surface area contributed by atoms with E-state index in [9.17, 15) is 12.8 Å². The lowest BCUT2D eigenvalue weighted by atomic mass is 10.2. The summed E-state index contributed by atoms with van der Waals surface area (Å²) in [6, 6.07) is 7.46. The summed E-state index contributed by atoms with van der Waals surface area (Å²) in [4.78, 5) is 0.0691. The molecule has 112 valence electrons. The van der Waals surface area contributed by atoms with Crippen molar-refractivity contribution in [2.45, 2.75) is 11.8 Å². The maximum atomic E-state index is 13.6. The van der Waals surface area contributed by atoms with Crippen LogP contribution in [0.3, 0.4) is 0 Å². The Hall–Kier alpha value is -0.440. The van der Waals surface area contributed by atoms with Gasteiger partial charge in [0.05, 0.1) is 10.2 Å². The fourth-order valence-electron chi connectivity index (χ4n) is 1.64. The number of hydrogen-bond donors (Lipinski definition) is 1. The molecule has 0 spiro atoms. The molecule has 0 radical (unpaired) electrons. The van der Waals surface area contributed by atoms with E-state index in [4.69, 9.17) is 0 Å². The molecule has 0 heterocycles. The van der Waals surface area contributed by atoms with Gasteiger partial charge in [-0.1, -0.05) is 15.9 Å². The van der Waals surface area contributed by atoms with Crippen LogP contribution in [0.25, 0.3) is 0 Å². The molecule has 0 bridgehead atoms. The van der Waals surface area contributed by atoms with Gasteiger partial charge in [0.2, 0.25) is 0 Å². The van der Waals surface area contributed by atoms with Gasteiger partial charge in [-0.3, -0.25) is 4.72 Å². The van der Waals surface area contributed by atoms with E-state index in [1.165, 1.54) is 12.1 Å². The summed E-state index contributed by atoms with van der Waals surface area (Å²) in [5.41, 5.74) is 0.806. The number of nitrogens with one attached hydrogen (secondary N) is 1. The summed E-state index contributed by atoms with van der Waals surface area (Å²) in [6.45, 7) is 1.69. The highest BCUT2D eigenvalue weighted by molar-refractivity contribution is 9.11. The van der Waals surface area contributed by atoms with Crippen molar-refractivity contribution in [2.24, 2.45) is 0 Å². The largest absolute Gasteiger partial charge is 0.279 e. The average molecular weight is 502 g/mol. The third kappa shape index (κ3) is 3.85. The molecule has 0 unspecified atom stereocenters. The number of anilines is 1. The van der Waals surface area contributed by atoms with Crippen LogP contribution in [0.4, 0.5) is 10.1 Å². The lowest BCUT2D eigenvalue weighted by Crippen LogP contribution is -2.14. The zero-order chi connectivity index (χ0) is 15.8. The predicted octanol–water partition coefficient (Wildman–Crippen LogP) is 5.22. The Labute approximate surface area is 147 Å². The van der Waals surface area contributed by atoms with Crippen molar-refractivity contribution >= 4 is 63.5 Å². The first-order valence-electron chi connectivity index (χ1n) is 5.64. The molecule has 0 atom stereocenters. The van der Waals surface area contributed by atoms with Crippen molar-refractivity contribution in [3.05, 3.63) is 55.1 Å². The van der Waals surface area contributed by atoms with Gasteiger partial charge < -0.3 is 0 Å². The summed E-state index contributed by atoms with van der Waals surface area (Å²) < 4.78 is 42.2. The number of sulfonamides is 1.